The first-order chi connectivity index (χ1) is 9.92. The molecule has 1 aliphatic heterocycles. The molecule has 0 aliphatic carbocycles. The Morgan fingerprint density at radius 3 is 2.30 bits per heavy atom. The Labute approximate surface area is 120 Å². The van der Waals surface area contributed by atoms with E-state index >= 15 is 0 Å². The average molecular weight is 268 g/mol. The molecule has 1 saturated heterocycles. The lowest BCUT2D eigenvalue weighted by Crippen LogP contribution is -2.30. The molecule has 0 radical (unpaired) electrons. The number of nitrogens with zero attached hydrogens (tertiary/aromatic N) is 1. The predicted molar refractivity (Wildman–Crippen MR) is 80.8 cm³/mol. The van der Waals surface area contributed by atoms with Gasteiger partial charge in [-0.05, 0) is 67.2 Å². The molecule has 1 fully saturated rings. The first kappa shape index (κ1) is 13.1. The van der Waals surface area contributed by atoms with Crippen LogP contribution in [0.5, 0.6) is 5.75 Å². The largest absolute Gasteiger partial charge is 0.493 e. The number of rotatable bonds is 4. The highest BCUT2D eigenvalue weighted by Gasteiger charge is 2.13. The van der Waals surface area contributed by atoms with E-state index in [1.165, 1.54) is 24.0 Å². The number of aromatic nitrogens is 1. The van der Waals surface area contributed by atoms with E-state index in [2.05, 4.69) is 34.6 Å². The van der Waals surface area contributed by atoms with Gasteiger partial charge < -0.3 is 10.1 Å². The summed E-state index contributed by atoms with van der Waals surface area (Å²) in [4.78, 5) is 4.04. The first-order valence-corrected chi connectivity index (χ1v) is 7.26. The van der Waals surface area contributed by atoms with Crippen molar-refractivity contribution in [2.45, 2.75) is 12.8 Å². The van der Waals surface area contributed by atoms with Crippen LogP contribution in [0.2, 0.25) is 0 Å². The number of piperidine rings is 1. The number of pyridine rings is 1. The Morgan fingerprint density at radius 2 is 1.60 bits per heavy atom. The Bertz CT molecular complexity index is 518. The van der Waals surface area contributed by atoms with Crippen molar-refractivity contribution >= 4 is 0 Å². The van der Waals surface area contributed by atoms with Crippen molar-refractivity contribution in [2.24, 2.45) is 5.92 Å². The molecular weight excluding hydrogens is 248 g/mol. The van der Waals surface area contributed by atoms with E-state index in [0.717, 1.165) is 25.4 Å². The molecule has 0 atom stereocenters. The van der Waals surface area contributed by atoms with Crippen molar-refractivity contribution in [1.82, 2.24) is 10.3 Å². The predicted octanol–water partition coefficient (Wildman–Crippen LogP) is 3.13. The number of ether oxygens (including phenoxy) is 1. The second-order valence-corrected chi connectivity index (χ2v) is 5.26. The molecule has 2 aromatic rings. The molecule has 0 amide bonds. The van der Waals surface area contributed by atoms with Gasteiger partial charge in [0, 0.05) is 12.4 Å². The molecule has 0 saturated carbocycles. The summed E-state index contributed by atoms with van der Waals surface area (Å²) in [5.74, 6) is 1.65. The minimum Gasteiger partial charge on any atom is -0.493 e. The third-order valence-electron chi connectivity index (χ3n) is 3.81. The standard InChI is InChI=1S/C17H20N2O/c1-3-17(20-13-14-5-9-18-10-6-14)4-2-15(1)16-7-11-19-12-8-16/h1-4,7-8,11-12,14,18H,5-6,9-10,13H2. The zero-order valence-corrected chi connectivity index (χ0v) is 11.6. The average Bonchev–Trinajstić information content (AvgIpc) is 2.55. The summed E-state index contributed by atoms with van der Waals surface area (Å²) in [6.07, 6.45) is 6.07. The number of hydrogen-bond donors (Lipinski definition) is 1. The van der Waals surface area contributed by atoms with E-state index in [4.69, 9.17) is 4.74 Å². The van der Waals surface area contributed by atoms with Crippen molar-refractivity contribution in [2.75, 3.05) is 19.7 Å². The second-order valence-electron chi connectivity index (χ2n) is 5.26. The van der Waals surface area contributed by atoms with Gasteiger partial charge in [0.15, 0.2) is 0 Å². The SMILES string of the molecule is c1cc(-c2ccc(OCC3CCNCC3)cc2)ccn1. The van der Waals surface area contributed by atoms with E-state index in [1.54, 1.807) is 0 Å². The van der Waals surface area contributed by atoms with Gasteiger partial charge in [0.05, 0.1) is 6.61 Å². The zero-order chi connectivity index (χ0) is 13.6. The maximum atomic E-state index is 5.90. The fourth-order valence-electron chi connectivity index (χ4n) is 2.55. The third kappa shape index (κ3) is 3.36. The Hall–Kier alpha value is -1.87. The van der Waals surface area contributed by atoms with Crippen LogP contribution in [0.15, 0.2) is 48.8 Å². The van der Waals surface area contributed by atoms with Crippen molar-refractivity contribution in [3.8, 4) is 16.9 Å². The van der Waals surface area contributed by atoms with E-state index in [9.17, 15) is 0 Å². The van der Waals surface area contributed by atoms with Crippen molar-refractivity contribution < 1.29 is 4.74 Å². The first-order valence-electron chi connectivity index (χ1n) is 7.26. The Balaban J connectivity index is 1.58. The van der Waals surface area contributed by atoms with E-state index < -0.39 is 0 Å². The van der Waals surface area contributed by atoms with Crippen LogP contribution in [0.1, 0.15) is 12.8 Å². The lowest BCUT2D eigenvalue weighted by Gasteiger charge is -2.22. The minimum absolute atomic E-state index is 0.691. The van der Waals surface area contributed by atoms with Crippen LogP contribution < -0.4 is 10.1 Å². The van der Waals surface area contributed by atoms with E-state index in [0.29, 0.717) is 5.92 Å². The van der Waals surface area contributed by atoms with Gasteiger partial charge in [-0.2, -0.15) is 0 Å². The molecule has 104 valence electrons. The highest BCUT2D eigenvalue weighted by atomic mass is 16.5. The summed E-state index contributed by atoms with van der Waals surface area (Å²) in [7, 11) is 0. The molecule has 1 aromatic heterocycles. The molecule has 1 aliphatic rings. The molecule has 1 N–H and O–H groups in total. The van der Waals surface area contributed by atoms with Crippen LogP contribution >= 0.6 is 0 Å². The van der Waals surface area contributed by atoms with Crippen LogP contribution in [0.4, 0.5) is 0 Å². The van der Waals surface area contributed by atoms with Crippen molar-refractivity contribution in [3.05, 3.63) is 48.8 Å². The van der Waals surface area contributed by atoms with Crippen LogP contribution in [0, 0.1) is 5.92 Å². The third-order valence-corrected chi connectivity index (χ3v) is 3.81. The van der Waals surface area contributed by atoms with Gasteiger partial charge in [0.2, 0.25) is 0 Å². The second kappa shape index (κ2) is 6.53. The molecule has 0 spiro atoms. The molecule has 0 bridgehead atoms. The van der Waals surface area contributed by atoms with E-state index in [-0.39, 0.29) is 0 Å². The summed E-state index contributed by atoms with van der Waals surface area (Å²) < 4.78 is 5.90. The summed E-state index contributed by atoms with van der Waals surface area (Å²) >= 11 is 0. The number of nitrogens with one attached hydrogen (secondary N) is 1. The fourth-order valence-corrected chi connectivity index (χ4v) is 2.55. The van der Waals surface area contributed by atoms with Gasteiger partial charge in [0.1, 0.15) is 5.75 Å². The number of benzene rings is 1. The van der Waals surface area contributed by atoms with Gasteiger partial charge in [-0.25, -0.2) is 0 Å². The summed E-state index contributed by atoms with van der Waals surface area (Å²) in [6, 6.07) is 12.4. The van der Waals surface area contributed by atoms with E-state index in [1.807, 2.05) is 24.5 Å². The molecule has 1 aromatic carbocycles. The molecule has 3 nitrogen and oxygen atoms in total. The summed E-state index contributed by atoms with van der Waals surface area (Å²) in [5, 5.41) is 3.38. The van der Waals surface area contributed by atoms with Gasteiger partial charge in [0.25, 0.3) is 0 Å². The lowest BCUT2D eigenvalue weighted by atomic mass is 9.99. The maximum absolute atomic E-state index is 5.90. The smallest absolute Gasteiger partial charge is 0.119 e. The number of hydrogen-bond acceptors (Lipinski definition) is 3. The summed E-state index contributed by atoms with van der Waals surface area (Å²) in [5.41, 5.74) is 2.38. The van der Waals surface area contributed by atoms with Crippen LogP contribution in [0.25, 0.3) is 11.1 Å². The Kier molecular flexibility index (Phi) is 4.28. The molecule has 20 heavy (non-hydrogen) atoms. The quantitative estimate of drug-likeness (QED) is 0.925. The summed E-state index contributed by atoms with van der Waals surface area (Å²) in [6.45, 7) is 3.07. The van der Waals surface area contributed by atoms with Crippen LogP contribution in [-0.2, 0) is 0 Å². The fraction of sp³-hybridized carbons (Fsp3) is 0.353. The van der Waals surface area contributed by atoms with Crippen molar-refractivity contribution in [1.29, 1.82) is 0 Å². The van der Waals surface area contributed by atoms with Gasteiger partial charge >= 0.3 is 0 Å². The molecule has 0 unspecified atom stereocenters. The van der Waals surface area contributed by atoms with Crippen LogP contribution in [-0.4, -0.2) is 24.7 Å². The normalized spacial score (nSPS) is 16.0. The Morgan fingerprint density at radius 1 is 0.950 bits per heavy atom. The van der Waals surface area contributed by atoms with Gasteiger partial charge in [-0.15, -0.1) is 0 Å². The monoisotopic (exact) mass is 268 g/mol. The highest BCUT2D eigenvalue weighted by Crippen LogP contribution is 2.22. The molecule has 3 heteroatoms. The van der Waals surface area contributed by atoms with Gasteiger partial charge in [-0.1, -0.05) is 12.1 Å². The minimum atomic E-state index is 0.691. The highest BCUT2D eigenvalue weighted by molar-refractivity contribution is 5.63. The van der Waals surface area contributed by atoms with Crippen LogP contribution in [0.3, 0.4) is 0 Å². The maximum Gasteiger partial charge on any atom is 0.119 e. The zero-order valence-electron chi connectivity index (χ0n) is 11.6. The lowest BCUT2D eigenvalue weighted by molar-refractivity contribution is 0.215. The topological polar surface area (TPSA) is 34.1 Å². The van der Waals surface area contributed by atoms with Gasteiger partial charge in [-0.3, -0.25) is 4.98 Å². The molecular formula is C17H20N2O. The molecule has 3 rings (SSSR count). The molecule has 2 heterocycles. The van der Waals surface area contributed by atoms with Crippen molar-refractivity contribution in [3.63, 3.8) is 0 Å².